The molecule has 0 aliphatic heterocycles. The third-order valence-electron chi connectivity index (χ3n) is 3.35. The second kappa shape index (κ2) is 8.40. The topological polar surface area (TPSA) is 40.1 Å². The number of benzene rings is 3. The molecule has 0 heterocycles. The van der Waals surface area contributed by atoms with E-state index >= 15 is 0 Å². The molecule has 0 fully saturated rings. The Morgan fingerprint density at radius 2 is 1.00 bits per heavy atom. The fraction of sp³-hybridized carbons (Fsp3) is 0. The van der Waals surface area contributed by atoms with Crippen molar-refractivity contribution in [2.24, 2.45) is 0 Å². The molecular formula is C18H15NaO2P2. The second-order valence-corrected chi connectivity index (χ2v) is 10.8. The van der Waals surface area contributed by atoms with Crippen LogP contribution < -0.4 is 50.4 Å². The first kappa shape index (κ1) is 18.6. The van der Waals surface area contributed by atoms with E-state index in [1.807, 2.05) is 66.7 Å². The molecule has 0 spiro atoms. The summed E-state index contributed by atoms with van der Waals surface area (Å²) in [7, 11) is -5.25. The molecule has 0 radical (unpaired) electrons. The van der Waals surface area contributed by atoms with E-state index < -0.39 is 14.7 Å². The normalized spacial score (nSPS) is 13.1. The summed E-state index contributed by atoms with van der Waals surface area (Å²) in [6.07, 6.45) is 0. The molecule has 3 aromatic carbocycles. The standard InChI is InChI=1S/C18H16O2P2.Na/c19-22(20,18-14-8-3-9-15-18)21(16-10-4-1-5-11-16)17-12-6-2-7-13-17;/h1-15H,(H,19,20);/q;+1/p-1. The predicted octanol–water partition coefficient (Wildman–Crippen LogP) is 0.00220. The van der Waals surface area contributed by atoms with Crippen LogP contribution >= 0.6 is 14.7 Å². The van der Waals surface area contributed by atoms with Crippen molar-refractivity contribution >= 4 is 30.6 Å². The van der Waals surface area contributed by atoms with Gasteiger partial charge in [-0.3, -0.25) is 0 Å². The van der Waals surface area contributed by atoms with Crippen molar-refractivity contribution in [3.63, 3.8) is 0 Å². The Balaban J connectivity index is 0.00000192. The summed E-state index contributed by atoms with van der Waals surface area (Å²) in [6, 6.07) is 27.7. The zero-order valence-corrected chi connectivity index (χ0v) is 16.7. The minimum Gasteiger partial charge on any atom is -0.792 e. The molecule has 2 nitrogen and oxygen atoms in total. The van der Waals surface area contributed by atoms with Gasteiger partial charge in [0.25, 0.3) is 0 Å². The molecule has 0 saturated carbocycles. The first-order valence-corrected chi connectivity index (χ1v) is 10.6. The first-order valence-electron chi connectivity index (χ1n) is 6.97. The van der Waals surface area contributed by atoms with Gasteiger partial charge < -0.3 is 9.46 Å². The van der Waals surface area contributed by atoms with Crippen molar-refractivity contribution < 1.29 is 39.0 Å². The Bertz CT molecular complexity index is 740. The molecule has 0 amide bonds. The molecular weight excluding hydrogens is 333 g/mol. The summed E-state index contributed by atoms with van der Waals surface area (Å²) in [5.41, 5.74) is 0. The molecule has 3 aromatic rings. The van der Waals surface area contributed by atoms with Crippen LogP contribution in [0.1, 0.15) is 0 Å². The summed E-state index contributed by atoms with van der Waals surface area (Å²) >= 11 is 0. The number of hydrogen-bond donors (Lipinski definition) is 0. The van der Waals surface area contributed by atoms with Crippen molar-refractivity contribution in [1.82, 2.24) is 0 Å². The molecule has 0 aromatic heterocycles. The minimum absolute atomic E-state index is 0. The van der Waals surface area contributed by atoms with Gasteiger partial charge in [-0.1, -0.05) is 91.0 Å². The van der Waals surface area contributed by atoms with Crippen LogP contribution in [0.3, 0.4) is 0 Å². The van der Waals surface area contributed by atoms with E-state index in [0.29, 0.717) is 5.30 Å². The van der Waals surface area contributed by atoms with Gasteiger partial charge in [-0.25, -0.2) is 0 Å². The third kappa shape index (κ3) is 4.22. The Morgan fingerprint density at radius 1 is 0.652 bits per heavy atom. The molecule has 0 saturated heterocycles. The molecule has 0 aliphatic rings. The number of rotatable bonds is 4. The van der Waals surface area contributed by atoms with E-state index in [9.17, 15) is 9.46 Å². The maximum Gasteiger partial charge on any atom is 1.00 e. The van der Waals surface area contributed by atoms with Gasteiger partial charge in [-0.2, -0.15) is 0 Å². The minimum atomic E-state index is -3.78. The van der Waals surface area contributed by atoms with Gasteiger partial charge in [0, 0.05) is 12.9 Å². The molecule has 1 atom stereocenters. The van der Waals surface area contributed by atoms with Crippen molar-refractivity contribution in [3.05, 3.63) is 91.0 Å². The van der Waals surface area contributed by atoms with Crippen LogP contribution in [0, 0.1) is 0 Å². The molecule has 5 heteroatoms. The smallest absolute Gasteiger partial charge is 0.792 e. The van der Waals surface area contributed by atoms with Crippen LogP contribution in [0.25, 0.3) is 0 Å². The molecule has 1 unspecified atom stereocenters. The predicted molar refractivity (Wildman–Crippen MR) is 92.8 cm³/mol. The maximum atomic E-state index is 13.2. The number of hydrogen-bond acceptors (Lipinski definition) is 2. The molecule has 0 N–H and O–H groups in total. The Morgan fingerprint density at radius 3 is 1.39 bits per heavy atom. The van der Waals surface area contributed by atoms with E-state index in [1.165, 1.54) is 0 Å². The maximum absolute atomic E-state index is 13.2. The fourth-order valence-electron chi connectivity index (χ4n) is 2.32. The van der Waals surface area contributed by atoms with Crippen LogP contribution in [-0.4, -0.2) is 0 Å². The van der Waals surface area contributed by atoms with Crippen molar-refractivity contribution in [2.75, 3.05) is 0 Å². The Kier molecular flexibility index (Phi) is 6.80. The second-order valence-electron chi connectivity index (χ2n) is 4.84. The van der Waals surface area contributed by atoms with Gasteiger partial charge in [-0.05, 0) is 10.6 Å². The summed E-state index contributed by atoms with van der Waals surface area (Å²) in [5.74, 6) is 0. The van der Waals surface area contributed by atoms with Crippen molar-refractivity contribution in [3.8, 4) is 0 Å². The quantitative estimate of drug-likeness (QED) is 0.492. The van der Waals surface area contributed by atoms with E-state index in [4.69, 9.17) is 0 Å². The summed E-state index contributed by atoms with van der Waals surface area (Å²) in [6.45, 7) is 0. The third-order valence-corrected chi connectivity index (χ3v) is 10.1. The summed E-state index contributed by atoms with van der Waals surface area (Å²) < 4.78 is 13.2. The van der Waals surface area contributed by atoms with E-state index in [-0.39, 0.29) is 29.6 Å². The van der Waals surface area contributed by atoms with Crippen molar-refractivity contribution in [2.45, 2.75) is 0 Å². The molecule has 0 aliphatic carbocycles. The van der Waals surface area contributed by atoms with Crippen molar-refractivity contribution in [1.29, 1.82) is 0 Å². The zero-order chi connectivity index (χ0) is 15.4. The van der Waals surface area contributed by atoms with E-state index in [1.54, 1.807) is 24.3 Å². The first-order chi connectivity index (χ1) is 10.7. The molecule has 0 bridgehead atoms. The van der Waals surface area contributed by atoms with Gasteiger partial charge in [0.15, 0.2) is 0 Å². The molecule has 110 valence electrons. The average molecular weight is 348 g/mol. The Hall–Kier alpha value is -0.720. The Labute approximate surface area is 160 Å². The van der Waals surface area contributed by atoms with E-state index in [0.717, 1.165) is 10.6 Å². The average Bonchev–Trinajstić information content (AvgIpc) is 2.58. The monoisotopic (exact) mass is 348 g/mol. The van der Waals surface area contributed by atoms with Crippen LogP contribution in [0.15, 0.2) is 91.0 Å². The largest absolute Gasteiger partial charge is 1.00 e. The van der Waals surface area contributed by atoms with Crippen LogP contribution in [-0.2, 0) is 4.57 Å². The SMILES string of the molecule is O=P([O-])(c1ccccc1)P(c1ccccc1)c1ccccc1.[Na+]. The van der Waals surface area contributed by atoms with Crippen LogP contribution in [0.4, 0.5) is 0 Å². The summed E-state index contributed by atoms with van der Waals surface area (Å²) in [4.78, 5) is 13.2. The summed E-state index contributed by atoms with van der Waals surface area (Å²) in [5, 5.41) is 2.10. The van der Waals surface area contributed by atoms with Gasteiger partial charge in [0.05, 0.1) is 7.06 Å². The van der Waals surface area contributed by atoms with Crippen LogP contribution in [0.5, 0.6) is 0 Å². The molecule has 23 heavy (non-hydrogen) atoms. The van der Waals surface area contributed by atoms with Gasteiger partial charge in [-0.15, -0.1) is 0 Å². The van der Waals surface area contributed by atoms with Gasteiger partial charge in [0.2, 0.25) is 0 Å². The van der Waals surface area contributed by atoms with Gasteiger partial charge >= 0.3 is 29.6 Å². The van der Waals surface area contributed by atoms with Gasteiger partial charge in [0.1, 0.15) is 0 Å². The fourth-order valence-corrected chi connectivity index (χ4v) is 8.64. The van der Waals surface area contributed by atoms with Crippen LogP contribution in [0.2, 0.25) is 0 Å². The van der Waals surface area contributed by atoms with E-state index in [2.05, 4.69) is 0 Å². The zero-order valence-electron chi connectivity index (χ0n) is 12.9. The molecule has 3 rings (SSSR count).